The fourth-order valence-corrected chi connectivity index (χ4v) is 7.57. The highest BCUT2D eigenvalue weighted by Crippen LogP contribution is 2.54. The van der Waals surface area contributed by atoms with Gasteiger partial charge in [0.15, 0.2) is 0 Å². The minimum absolute atomic E-state index is 0.252. The van der Waals surface area contributed by atoms with E-state index in [2.05, 4.69) is 59.0 Å². The number of hydrogen-bond acceptors (Lipinski definition) is 3. The highest BCUT2D eigenvalue weighted by atomic mass is 28.3. The molecule has 8 unspecified atom stereocenters. The molecule has 2 saturated carbocycles. The molecule has 3 aliphatic rings. The van der Waals surface area contributed by atoms with Crippen LogP contribution in [0.2, 0.25) is 25.7 Å². The molecule has 0 aromatic rings. The molecule has 4 heteroatoms. The number of carbonyl (C=O) groups excluding carboxylic acids is 2. The molecule has 3 nitrogen and oxygen atoms in total. The quantitative estimate of drug-likeness (QED) is 0.297. The molecule has 2 aliphatic carbocycles. The molecule has 0 aromatic carbocycles. The molecule has 8 atom stereocenters. The van der Waals surface area contributed by atoms with E-state index >= 15 is 0 Å². The Hall–Kier alpha value is -0.643. The van der Waals surface area contributed by atoms with Gasteiger partial charge in [0, 0.05) is 8.07 Å². The Kier molecular flexibility index (Phi) is 9.44. The highest BCUT2D eigenvalue weighted by Gasteiger charge is 2.46. The van der Waals surface area contributed by atoms with Gasteiger partial charge in [-0.2, -0.15) is 0 Å². The highest BCUT2D eigenvalue weighted by molar-refractivity contribution is 6.76. The number of fused-ring (bicyclic) bond motifs is 2. The van der Waals surface area contributed by atoms with E-state index in [4.69, 9.17) is 0 Å². The van der Waals surface area contributed by atoms with E-state index in [0.29, 0.717) is 0 Å². The van der Waals surface area contributed by atoms with Gasteiger partial charge in [0.25, 0.3) is 0 Å². The maximum atomic E-state index is 10.6. The smallest absolute Gasteiger partial charge is 0.317 e. The minimum atomic E-state index is -0.741. The number of carbonyl (C=O) groups is 2. The Morgan fingerprint density at radius 1 is 0.929 bits per heavy atom. The number of hydrogen-bond donors (Lipinski definition) is 0. The summed E-state index contributed by atoms with van der Waals surface area (Å²) >= 11 is 0. The van der Waals surface area contributed by atoms with Gasteiger partial charge in [-0.15, -0.1) is 0 Å². The van der Waals surface area contributed by atoms with Crippen molar-refractivity contribution in [3.63, 3.8) is 0 Å². The van der Waals surface area contributed by atoms with Crippen LogP contribution in [0.25, 0.3) is 0 Å². The summed E-state index contributed by atoms with van der Waals surface area (Å²) in [5, 5.41) is 0. The lowest BCUT2D eigenvalue weighted by molar-refractivity contribution is -0.153. The molecule has 0 radical (unpaired) electrons. The second-order valence-electron chi connectivity index (χ2n) is 11.2. The van der Waals surface area contributed by atoms with Gasteiger partial charge in [0.2, 0.25) is 0 Å². The van der Waals surface area contributed by atoms with Crippen LogP contribution in [-0.4, -0.2) is 20.0 Å². The Morgan fingerprint density at radius 2 is 1.43 bits per heavy atom. The molecule has 0 amide bonds. The molecule has 1 aliphatic heterocycles. The van der Waals surface area contributed by atoms with Crippen LogP contribution >= 0.6 is 0 Å². The monoisotopic (exact) mass is 410 g/mol. The van der Waals surface area contributed by atoms with E-state index in [-0.39, 0.29) is 11.8 Å². The van der Waals surface area contributed by atoms with Crippen molar-refractivity contribution in [3.8, 4) is 0 Å². The van der Waals surface area contributed by atoms with Gasteiger partial charge in [-0.1, -0.05) is 80.6 Å². The van der Waals surface area contributed by atoms with Crippen molar-refractivity contribution in [1.29, 1.82) is 0 Å². The van der Waals surface area contributed by atoms with E-state index in [9.17, 15) is 9.59 Å². The van der Waals surface area contributed by atoms with Gasteiger partial charge >= 0.3 is 11.9 Å². The first-order valence-corrected chi connectivity index (χ1v) is 15.2. The third-order valence-electron chi connectivity index (χ3n) is 7.58. The molecule has 0 N–H and O–H groups in total. The summed E-state index contributed by atoms with van der Waals surface area (Å²) in [6.45, 7) is 22.7. The summed E-state index contributed by atoms with van der Waals surface area (Å²) in [5.74, 6) is 4.92. The van der Waals surface area contributed by atoms with Crippen LogP contribution in [-0.2, 0) is 14.3 Å². The summed E-state index contributed by atoms with van der Waals surface area (Å²) < 4.78 is 4.31. The third kappa shape index (κ3) is 7.00. The van der Waals surface area contributed by atoms with Gasteiger partial charge < -0.3 is 4.74 Å². The molecule has 1 heterocycles. The van der Waals surface area contributed by atoms with Crippen molar-refractivity contribution in [3.05, 3.63) is 0 Å². The molecule has 0 aromatic heterocycles. The summed E-state index contributed by atoms with van der Waals surface area (Å²) in [4.78, 5) is 21.1. The first kappa shape index (κ1) is 25.4. The molecule has 2 bridgehead atoms. The Balaban J connectivity index is 0.000000211. The first-order chi connectivity index (χ1) is 12.8. The van der Waals surface area contributed by atoms with Crippen molar-refractivity contribution < 1.29 is 14.3 Å². The van der Waals surface area contributed by atoms with E-state index in [1.54, 1.807) is 20.3 Å². The zero-order valence-electron chi connectivity index (χ0n) is 20.2. The largest absolute Gasteiger partial charge is 0.393 e. The Morgan fingerprint density at radius 3 is 1.64 bits per heavy atom. The molecular weight excluding hydrogens is 364 g/mol. The van der Waals surface area contributed by atoms with E-state index < -0.39 is 20.0 Å². The standard InChI is InChI=1S/C10H18.C8H20Si.C6H8O3/c1-6-4-9-5-10(6)8(3)7(9)2;1-6-8(2)7-9(3,4)5;1-3-4(2)6(8)9-5(3)7/h6-10H,4-5H2,1-3H3;8H,6-7H2,1-5H3;3-4H,1-2H3. The Bertz CT molecular complexity index is 504. The van der Waals surface area contributed by atoms with Gasteiger partial charge in [-0.25, -0.2) is 0 Å². The lowest BCUT2D eigenvalue weighted by atomic mass is 9.77. The van der Waals surface area contributed by atoms with Gasteiger partial charge in [-0.05, 0) is 48.3 Å². The summed E-state index contributed by atoms with van der Waals surface area (Å²) in [6.07, 6.45) is 4.42. The van der Waals surface area contributed by atoms with Crippen LogP contribution in [0.4, 0.5) is 0 Å². The van der Waals surface area contributed by atoms with Crippen LogP contribution in [0.5, 0.6) is 0 Å². The first-order valence-electron chi connectivity index (χ1n) is 11.5. The molecule has 0 spiro atoms. The predicted molar refractivity (Wildman–Crippen MR) is 121 cm³/mol. The van der Waals surface area contributed by atoms with Crippen LogP contribution in [0.15, 0.2) is 0 Å². The van der Waals surface area contributed by atoms with Crippen molar-refractivity contribution >= 4 is 20.0 Å². The third-order valence-corrected chi connectivity index (χ3v) is 9.50. The van der Waals surface area contributed by atoms with E-state index in [1.165, 1.54) is 18.9 Å². The second kappa shape index (κ2) is 10.4. The number of ether oxygens (including phenoxy) is 1. The fourth-order valence-electron chi connectivity index (χ4n) is 5.19. The molecular formula is C24H46O3Si. The van der Waals surface area contributed by atoms with Crippen molar-refractivity contribution in [1.82, 2.24) is 0 Å². The lowest BCUT2D eigenvalue weighted by Gasteiger charge is -2.29. The second-order valence-corrected chi connectivity index (χ2v) is 16.7. The zero-order chi connectivity index (χ0) is 21.8. The van der Waals surface area contributed by atoms with Gasteiger partial charge in [0.05, 0.1) is 11.8 Å². The average molecular weight is 411 g/mol. The summed E-state index contributed by atoms with van der Waals surface area (Å²) in [5.41, 5.74) is 0. The maximum Gasteiger partial charge on any atom is 0.317 e. The maximum absolute atomic E-state index is 10.6. The van der Waals surface area contributed by atoms with E-state index in [1.807, 2.05) is 0 Å². The molecule has 28 heavy (non-hydrogen) atoms. The fraction of sp³-hybridized carbons (Fsp3) is 0.917. The minimum Gasteiger partial charge on any atom is -0.393 e. The van der Waals surface area contributed by atoms with Crippen LogP contribution in [0.1, 0.15) is 67.7 Å². The predicted octanol–water partition coefficient (Wildman–Crippen LogP) is 6.65. The summed E-state index contributed by atoms with van der Waals surface area (Å²) in [7, 11) is -0.741. The van der Waals surface area contributed by atoms with Crippen molar-refractivity contribution in [2.75, 3.05) is 0 Å². The van der Waals surface area contributed by atoms with Gasteiger partial charge in [0.1, 0.15) is 0 Å². The molecule has 3 fully saturated rings. The van der Waals surface area contributed by atoms with Crippen molar-refractivity contribution in [2.24, 2.45) is 47.3 Å². The molecule has 1 saturated heterocycles. The average Bonchev–Trinajstić information content (AvgIpc) is 3.17. The number of rotatable bonds is 3. The lowest BCUT2D eigenvalue weighted by Crippen LogP contribution is -2.22. The van der Waals surface area contributed by atoms with E-state index in [0.717, 1.165) is 35.5 Å². The van der Waals surface area contributed by atoms with Gasteiger partial charge in [-0.3, -0.25) is 9.59 Å². The van der Waals surface area contributed by atoms with Crippen LogP contribution < -0.4 is 0 Å². The van der Waals surface area contributed by atoms with Crippen LogP contribution in [0.3, 0.4) is 0 Å². The normalized spacial score (nSPS) is 37.6. The molecule has 3 rings (SSSR count). The topological polar surface area (TPSA) is 43.4 Å². The number of esters is 2. The summed E-state index contributed by atoms with van der Waals surface area (Å²) in [6, 6.07) is 1.49. The van der Waals surface area contributed by atoms with Crippen LogP contribution in [0, 0.1) is 47.3 Å². The Labute approximate surface area is 175 Å². The SMILES string of the molecule is CC1C(=O)OC(=O)C1C.CC1CC2CC1C(C)C2C.CCC(C)C[Si](C)(C)C. The molecule has 164 valence electrons. The zero-order valence-corrected chi connectivity index (χ0v) is 21.2. The number of cyclic esters (lactones) is 2. The van der Waals surface area contributed by atoms with Crippen molar-refractivity contribution in [2.45, 2.75) is 93.4 Å².